The molecule has 0 radical (unpaired) electrons. The fraction of sp³-hybridized carbons (Fsp3) is 0.286. The van der Waals surface area contributed by atoms with Gasteiger partial charge in [-0.15, -0.1) is 0 Å². The summed E-state index contributed by atoms with van der Waals surface area (Å²) in [4.78, 5) is 19.1. The van der Waals surface area contributed by atoms with Crippen LogP contribution in [0.3, 0.4) is 0 Å². The van der Waals surface area contributed by atoms with Gasteiger partial charge in [0, 0.05) is 17.5 Å². The zero-order valence-electron chi connectivity index (χ0n) is 10.4. The molecule has 2 rings (SSSR count). The molecule has 1 aromatic carbocycles. The van der Waals surface area contributed by atoms with Crippen LogP contribution in [0.1, 0.15) is 23.9 Å². The predicted molar refractivity (Wildman–Crippen MR) is 69.1 cm³/mol. The Hall–Kier alpha value is -1.90. The number of nitrogens with zero attached hydrogens (tertiary/aromatic N) is 1. The summed E-state index contributed by atoms with van der Waals surface area (Å²) in [7, 11) is 0. The zero-order chi connectivity index (χ0) is 12.4. The Morgan fingerprint density at radius 3 is 2.71 bits per heavy atom. The van der Waals surface area contributed by atoms with Gasteiger partial charge in [0.25, 0.3) is 5.56 Å². The van der Waals surface area contributed by atoms with Gasteiger partial charge in [0.1, 0.15) is 5.82 Å². The van der Waals surface area contributed by atoms with Crippen molar-refractivity contribution in [2.75, 3.05) is 0 Å². The Morgan fingerprint density at radius 2 is 2.06 bits per heavy atom. The van der Waals surface area contributed by atoms with Crippen LogP contribution in [0, 0.1) is 13.8 Å². The van der Waals surface area contributed by atoms with Crippen LogP contribution in [0.25, 0.3) is 11.3 Å². The van der Waals surface area contributed by atoms with Gasteiger partial charge in [-0.25, -0.2) is 4.98 Å². The molecule has 0 fully saturated rings. The first-order valence-electron chi connectivity index (χ1n) is 5.78. The van der Waals surface area contributed by atoms with Crippen molar-refractivity contribution in [1.29, 1.82) is 0 Å². The summed E-state index contributed by atoms with van der Waals surface area (Å²) in [6.45, 7) is 5.82. The standard InChI is InChI=1S/C14H16N2O/c1-4-12-15-13(10(3)14(17)16-12)11-7-5-6-9(2)8-11/h5-8H,4H2,1-3H3,(H,15,16,17). The summed E-state index contributed by atoms with van der Waals surface area (Å²) < 4.78 is 0. The van der Waals surface area contributed by atoms with Crippen LogP contribution in [0.2, 0.25) is 0 Å². The maximum atomic E-state index is 11.8. The molecule has 0 amide bonds. The summed E-state index contributed by atoms with van der Waals surface area (Å²) in [6, 6.07) is 8.06. The van der Waals surface area contributed by atoms with E-state index in [2.05, 4.69) is 9.97 Å². The molecule has 0 saturated carbocycles. The van der Waals surface area contributed by atoms with Gasteiger partial charge in [0.05, 0.1) is 5.69 Å². The third-order valence-corrected chi connectivity index (χ3v) is 2.83. The quantitative estimate of drug-likeness (QED) is 0.858. The van der Waals surface area contributed by atoms with Crippen LogP contribution in [-0.4, -0.2) is 9.97 Å². The second kappa shape index (κ2) is 4.53. The minimum absolute atomic E-state index is 0.0478. The predicted octanol–water partition coefficient (Wildman–Crippen LogP) is 2.62. The van der Waals surface area contributed by atoms with Crippen molar-refractivity contribution in [2.45, 2.75) is 27.2 Å². The van der Waals surface area contributed by atoms with Gasteiger partial charge < -0.3 is 4.98 Å². The monoisotopic (exact) mass is 228 g/mol. The molecule has 0 atom stereocenters. The topological polar surface area (TPSA) is 45.8 Å². The molecule has 1 heterocycles. The summed E-state index contributed by atoms with van der Waals surface area (Å²) in [5.74, 6) is 0.733. The molecular weight excluding hydrogens is 212 g/mol. The van der Waals surface area contributed by atoms with E-state index in [1.54, 1.807) is 0 Å². The lowest BCUT2D eigenvalue weighted by molar-refractivity contribution is 0.912. The average Bonchev–Trinajstić information content (AvgIpc) is 2.32. The summed E-state index contributed by atoms with van der Waals surface area (Å²) in [5.41, 5.74) is 3.58. The third-order valence-electron chi connectivity index (χ3n) is 2.83. The molecule has 0 aliphatic carbocycles. The van der Waals surface area contributed by atoms with E-state index in [-0.39, 0.29) is 5.56 Å². The lowest BCUT2D eigenvalue weighted by atomic mass is 10.1. The van der Waals surface area contributed by atoms with Crippen LogP contribution < -0.4 is 5.56 Å². The van der Waals surface area contributed by atoms with Gasteiger partial charge >= 0.3 is 0 Å². The van der Waals surface area contributed by atoms with Crippen molar-refractivity contribution < 1.29 is 0 Å². The molecule has 2 aromatic rings. The van der Waals surface area contributed by atoms with E-state index >= 15 is 0 Å². The highest BCUT2D eigenvalue weighted by atomic mass is 16.1. The van der Waals surface area contributed by atoms with E-state index in [0.717, 1.165) is 23.5 Å². The first-order chi connectivity index (χ1) is 8.11. The molecule has 1 aromatic heterocycles. The molecular formula is C14H16N2O. The maximum absolute atomic E-state index is 11.8. The van der Waals surface area contributed by atoms with E-state index in [1.165, 1.54) is 5.56 Å². The average molecular weight is 228 g/mol. The minimum Gasteiger partial charge on any atom is -0.310 e. The summed E-state index contributed by atoms with van der Waals surface area (Å²) in [5, 5.41) is 0. The largest absolute Gasteiger partial charge is 0.310 e. The second-order valence-corrected chi connectivity index (χ2v) is 4.21. The van der Waals surface area contributed by atoms with Gasteiger partial charge in [-0.05, 0) is 19.9 Å². The van der Waals surface area contributed by atoms with Crippen molar-refractivity contribution in [3.8, 4) is 11.3 Å². The first-order valence-corrected chi connectivity index (χ1v) is 5.78. The van der Waals surface area contributed by atoms with Gasteiger partial charge in [0.15, 0.2) is 0 Å². The summed E-state index contributed by atoms with van der Waals surface area (Å²) >= 11 is 0. The molecule has 0 aliphatic rings. The highest BCUT2D eigenvalue weighted by Gasteiger charge is 2.08. The Kier molecular flexibility index (Phi) is 3.09. The van der Waals surface area contributed by atoms with Crippen LogP contribution in [0.5, 0.6) is 0 Å². The Labute approximate surface area is 101 Å². The number of aromatic amines is 1. The van der Waals surface area contributed by atoms with Gasteiger partial charge in [0.2, 0.25) is 0 Å². The molecule has 0 spiro atoms. The molecule has 88 valence electrons. The van der Waals surface area contributed by atoms with Crippen molar-refractivity contribution in [3.05, 3.63) is 51.6 Å². The first kappa shape index (κ1) is 11.6. The van der Waals surface area contributed by atoms with E-state index < -0.39 is 0 Å². The lowest BCUT2D eigenvalue weighted by Crippen LogP contribution is -2.15. The van der Waals surface area contributed by atoms with E-state index in [0.29, 0.717) is 5.56 Å². The van der Waals surface area contributed by atoms with Crippen LogP contribution in [-0.2, 0) is 6.42 Å². The Balaban J connectivity index is 2.66. The van der Waals surface area contributed by atoms with Crippen LogP contribution >= 0.6 is 0 Å². The molecule has 0 aliphatic heterocycles. The normalized spacial score (nSPS) is 10.5. The van der Waals surface area contributed by atoms with Gasteiger partial charge in [-0.2, -0.15) is 0 Å². The molecule has 17 heavy (non-hydrogen) atoms. The number of nitrogens with one attached hydrogen (secondary N) is 1. The van der Waals surface area contributed by atoms with Crippen molar-refractivity contribution >= 4 is 0 Å². The number of aryl methyl sites for hydroxylation is 2. The number of benzene rings is 1. The third kappa shape index (κ3) is 2.28. The molecule has 3 nitrogen and oxygen atoms in total. The van der Waals surface area contributed by atoms with Crippen LogP contribution in [0.15, 0.2) is 29.1 Å². The van der Waals surface area contributed by atoms with E-state index in [1.807, 2.05) is 45.0 Å². The smallest absolute Gasteiger partial charge is 0.254 e. The highest BCUT2D eigenvalue weighted by Crippen LogP contribution is 2.19. The fourth-order valence-corrected chi connectivity index (χ4v) is 1.82. The maximum Gasteiger partial charge on any atom is 0.254 e. The molecule has 3 heteroatoms. The second-order valence-electron chi connectivity index (χ2n) is 4.21. The van der Waals surface area contributed by atoms with Crippen molar-refractivity contribution in [2.24, 2.45) is 0 Å². The zero-order valence-corrected chi connectivity index (χ0v) is 10.4. The number of hydrogen-bond donors (Lipinski definition) is 1. The molecule has 0 bridgehead atoms. The number of rotatable bonds is 2. The van der Waals surface area contributed by atoms with Crippen LogP contribution in [0.4, 0.5) is 0 Å². The molecule has 0 unspecified atom stereocenters. The lowest BCUT2D eigenvalue weighted by Gasteiger charge is -2.07. The Morgan fingerprint density at radius 1 is 1.29 bits per heavy atom. The molecule has 0 saturated heterocycles. The Bertz CT molecular complexity index is 599. The minimum atomic E-state index is -0.0478. The highest BCUT2D eigenvalue weighted by molar-refractivity contribution is 5.63. The van der Waals surface area contributed by atoms with E-state index in [9.17, 15) is 4.79 Å². The van der Waals surface area contributed by atoms with Crippen molar-refractivity contribution in [1.82, 2.24) is 9.97 Å². The van der Waals surface area contributed by atoms with Crippen molar-refractivity contribution in [3.63, 3.8) is 0 Å². The SMILES string of the molecule is CCc1nc(-c2cccc(C)c2)c(C)c(=O)[nH]1. The van der Waals surface area contributed by atoms with Gasteiger partial charge in [-0.3, -0.25) is 4.79 Å². The molecule has 1 N–H and O–H groups in total. The number of H-pyrrole nitrogens is 1. The van der Waals surface area contributed by atoms with Gasteiger partial charge in [-0.1, -0.05) is 30.7 Å². The fourth-order valence-electron chi connectivity index (χ4n) is 1.82. The van der Waals surface area contributed by atoms with E-state index in [4.69, 9.17) is 0 Å². The number of aromatic nitrogens is 2. The number of hydrogen-bond acceptors (Lipinski definition) is 2. The summed E-state index contributed by atoms with van der Waals surface area (Å²) in [6.07, 6.45) is 0.730.